The number of aryl methyl sites for hydroxylation is 1. The molecule has 0 radical (unpaired) electrons. The maximum absolute atomic E-state index is 12.4. The summed E-state index contributed by atoms with van der Waals surface area (Å²) in [4.78, 5) is 7.74. The first-order valence-electron chi connectivity index (χ1n) is 5.27. The summed E-state index contributed by atoms with van der Waals surface area (Å²) < 4.78 is 37.2. The topological polar surface area (TPSA) is 25.8 Å². The van der Waals surface area contributed by atoms with E-state index in [0.717, 1.165) is 12.1 Å². The summed E-state index contributed by atoms with van der Waals surface area (Å²) in [6, 6.07) is 3.45. The first kappa shape index (κ1) is 13.4. The van der Waals surface area contributed by atoms with Gasteiger partial charge in [0, 0.05) is 11.1 Å². The third-order valence-corrected chi connectivity index (χ3v) is 2.16. The van der Waals surface area contributed by atoms with E-state index in [-0.39, 0.29) is 0 Å². The molecule has 0 aliphatic rings. The molecule has 2 nitrogen and oxygen atoms in total. The number of hydrogen-bond acceptors (Lipinski definition) is 2. The number of halogens is 3. The highest BCUT2D eigenvalue weighted by atomic mass is 19.4. The van der Waals surface area contributed by atoms with Gasteiger partial charge in [0.05, 0.1) is 11.1 Å². The minimum atomic E-state index is -4.32. The average Bonchev–Trinajstić information content (AvgIpc) is 2.30. The van der Waals surface area contributed by atoms with Crippen molar-refractivity contribution in [1.82, 2.24) is 9.97 Å². The van der Waals surface area contributed by atoms with Gasteiger partial charge in [-0.05, 0) is 25.1 Å². The third-order valence-electron chi connectivity index (χ3n) is 2.16. The van der Waals surface area contributed by atoms with Gasteiger partial charge in [-0.3, -0.25) is 0 Å². The lowest BCUT2D eigenvalue weighted by atomic mass is 10.1. The number of hydrogen-bond donors (Lipinski definition) is 0. The molecule has 0 bridgehead atoms. The summed E-state index contributed by atoms with van der Waals surface area (Å²) in [6.45, 7) is 5.66. The smallest absolute Gasteiger partial charge is 0.241 e. The molecule has 17 heavy (non-hydrogen) atoms. The van der Waals surface area contributed by atoms with E-state index in [0.29, 0.717) is 16.6 Å². The Labute approximate surface area is 97.5 Å². The largest absolute Gasteiger partial charge is 0.416 e. The van der Waals surface area contributed by atoms with Gasteiger partial charge >= 0.3 is 6.18 Å². The molecule has 0 saturated heterocycles. The standard InChI is InChI=1S/C10H7F3N2.C2H6/c1-6-8-4-7(10(11,12)13)2-3-9(8)15-5-14-6;1-2/h2-5H,1H3;1-2H3. The number of fused-ring (bicyclic) bond motifs is 1. The van der Waals surface area contributed by atoms with Crippen molar-refractivity contribution >= 4 is 10.9 Å². The summed E-state index contributed by atoms with van der Waals surface area (Å²) in [6.07, 6.45) is -2.98. The zero-order chi connectivity index (χ0) is 13.1. The maximum atomic E-state index is 12.4. The fraction of sp³-hybridized carbons (Fsp3) is 0.333. The van der Waals surface area contributed by atoms with Crippen LogP contribution in [0.3, 0.4) is 0 Å². The van der Waals surface area contributed by atoms with Crippen LogP contribution in [0.4, 0.5) is 13.2 Å². The molecule has 0 fully saturated rings. The van der Waals surface area contributed by atoms with Crippen molar-refractivity contribution in [2.75, 3.05) is 0 Å². The Hall–Kier alpha value is -1.65. The predicted molar refractivity (Wildman–Crippen MR) is 60.6 cm³/mol. The van der Waals surface area contributed by atoms with Crippen LogP contribution in [0.25, 0.3) is 10.9 Å². The molecule has 0 N–H and O–H groups in total. The van der Waals surface area contributed by atoms with E-state index in [1.54, 1.807) is 6.92 Å². The van der Waals surface area contributed by atoms with Gasteiger partial charge in [-0.1, -0.05) is 13.8 Å². The van der Waals surface area contributed by atoms with Gasteiger partial charge in [-0.2, -0.15) is 13.2 Å². The van der Waals surface area contributed by atoms with E-state index in [4.69, 9.17) is 0 Å². The van der Waals surface area contributed by atoms with E-state index in [1.807, 2.05) is 13.8 Å². The average molecular weight is 242 g/mol. The Balaban J connectivity index is 0.000000686. The van der Waals surface area contributed by atoms with Crippen LogP contribution in [0.15, 0.2) is 24.5 Å². The lowest BCUT2D eigenvalue weighted by Gasteiger charge is -2.07. The van der Waals surface area contributed by atoms with Gasteiger partial charge < -0.3 is 0 Å². The Kier molecular flexibility index (Phi) is 4.04. The molecule has 92 valence electrons. The Morgan fingerprint density at radius 1 is 1.06 bits per heavy atom. The number of nitrogens with zero attached hydrogens (tertiary/aromatic N) is 2. The lowest BCUT2D eigenvalue weighted by Crippen LogP contribution is -2.04. The van der Waals surface area contributed by atoms with Crippen molar-refractivity contribution in [3.63, 3.8) is 0 Å². The zero-order valence-electron chi connectivity index (χ0n) is 9.84. The highest BCUT2D eigenvalue weighted by Gasteiger charge is 2.30. The maximum Gasteiger partial charge on any atom is 0.416 e. The summed E-state index contributed by atoms with van der Waals surface area (Å²) in [5, 5.41) is 0.437. The summed E-state index contributed by atoms with van der Waals surface area (Å²) in [7, 11) is 0. The van der Waals surface area contributed by atoms with Gasteiger partial charge in [-0.25, -0.2) is 9.97 Å². The van der Waals surface area contributed by atoms with Gasteiger partial charge in [0.2, 0.25) is 0 Å². The molecule has 0 unspecified atom stereocenters. The molecule has 2 rings (SSSR count). The van der Waals surface area contributed by atoms with Crippen LogP contribution in [-0.4, -0.2) is 9.97 Å². The molecule has 5 heteroatoms. The van der Waals surface area contributed by atoms with E-state index < -0.39 is 11.7 Å². The van der Waals surface area contributed by atoms with Crippen LogP contribution < -0.4 is 0 Å². The molecule has 1 aromatic carbocycles. The van der Waals surface area contributed by atoms with E-state index >= 15 is 0 Å². The van der Waals surface area contributed by atoms with Crippen molar-refractivity contribution in [2.24, 2.45) is 0 Å². The fourth-order valence-corrected chi connectivity index (χ4v) is 1.36. The summed E-state index contributed by atoms with van der Waals surface area (Å²) >= 11 is 0. The zero-order valence-corrected chi connectivity index (χ0v) is 9.84. The number of rotatable bonds is 0. The van der Waals surface area contributed by atoms with Crippen LogP contribution in [0, 0.1) is 6.92 Å². The molecule has 0 saturated carbocycles. The molecule has 1 aromatic heterocycles. The summed E-state index contributed by atoms with van der Waals surface area (Å²) in [5.74, 6) is 0. The SMILES string of the molecule is CC.Cc1ncnc2ccc(C(F)(F)F)cc12. The number of alkyl halides is 3. The molecular weight excluding hydrogens is 229 g/mol. The van der Waals surface area contributed by atoms with Crippen molar-refractivity contribution in [3.8, 4) is 0 Å². The minimum Gasteiger partial charge on any atom is -0.241 e. The second kappa shape index (κ2) is 5.12. The monoisotopic (exact) mass is 242 g/mol. The Bertz CT molecular complexity index is 507. The highest BCUT2D eigenvalue weighted by molar-refractivity contribution is 5.81. The molecule has 0 amide bonds. The van der Waals surface area contributed by atoms with Crippen LogP contribution in [0.2, 0.25) is 0 Å². The second-order valence-electron chi connectivity index (χ2n) is 3.19. The molecule has 2 aromatic rings. The second-order valence-corrected chi connectivity index (χ2v) is 3.19. The summed E-state index contributed by atoms with van der Waals surface area (Å²) in [5.41, 5.74) is 0.398. The van der Waals surface area contributed by atoms with Gasteiger partial charge in [0.15, 0.2) is 0 Å². The van der Waals surface area contributed by atoms with Crippen molar-refractivity contribution in [3.05, 3.63) is 35.8 Å². The van der Waals surface area contributed by atoms with Crippen molar-refractivity contribution in [1.29, 1.82) is 0 Å². The Morgan fingerprint density at radius 2 is 1.71 bits per heavy atom. The van der Waals surface area contributed by atoms with E-state index in [1.165, 1.54) is 12.4 Å². The van der Waals surface area contributed by atoms with Crippen LogP contribution in [0.1, 0.15) is 25.1 Å². The fourth-order valence-electron chi connectivity index (χ4n) is 1.36. The first-order valence-corrected chi connectivity index (χ1v) is 5.27. The molecule has 0 atom stereocenters. The van der Waals surface area contributed by atoms with Gasteiger partial charge in [0.1, 0.15) is 6.33 Å². The van der Waals surface area contributed by atoms with Crippen LogP contribution in [0.5, 0.6) is 0 Å². The van der Waals surface area contributed by atoms with Crippen LogP contribution >= 0.6 is 0 Å². The van der Waals surface area contributed by atoms with Gasteiger partial charge in [-0.15, -0.1) is 0 Å². The molecule has 1 heterocycles. The molecule has 0 aliphatic carbocycles. The van der Waals surface area contributed by atoms with E-state index in [2.05, 4.69) is 9.97 Å². The highest BCUT2D eigenvalue weighted by Crippen LogP contribution is 2.31. The first-order chi connectivity index (χ1) is 7.98. The minimum absolute atomic E-state index is 0.437. The third kappa shape index (κ3) is 2.93. The number of benzene rings is 1. The van der Waals surface area contributed by atoms with Crippen molar-refractivity contribution in [2.45, 2.75) is 26.9 Å². The number of aromatic nitrogens is 2. The normalized spacial score (nSPS) is 10.9. The van der Waals surface area contributed by atoms with Gasteiger partial charge in [0.25, 0.3) is 0 Å². The van der Waals surface area contributed by atoms with Crippen LogP contribution in [-0.2, 0) is 6.18 Å². The Morgan fingerprint density at radius 3 is 2.29 bits per heavy atom. The van der Waals surface area contributed by atoms with E-state index in [9.17, 15) is 13.2 Å². The predicted octanol–water partition coefficient (Wildman–Crippen LogP) is 3.98. The molecule has 0 spiro atoms. The molecule has 0 aliphatic heterocycles. The van der Waals surface area contributed by atoms with Crippen molar-refractivity contribution < 1.29 is 13.2 Å². The lowest BCUT2D eigenvalue weighted by molar-refractivity contribution is -0.137. The molecular formula is C12H13F3N2. The quantitative estimate of drug-likeness (QED) is 0.698.